The van der Waals surface area contributed by atoms with Crippen molar-refractivity contribution in [1.82, 2.24) is 0 Å². The summed E-state index contributed by atoms with van der Waals surface area (Å²) < 4.78 is 0. The minimum atomic E-state index is 0.634. The highest BCUT2D eigenvalue weighted by Crippen LogP contribution is 2.24. The van der Waals surface area contributed by atoms with Crippen LogP contribution < -0.4 is 4.90 Å². The van der Waals surface area contributed by atoms with Crippen molar-refractivity contribution in [2.75, 3.05) is 18.0 Å². The molecule has 96 valence electrons. The summed E-state index contributed by atoms with van der Waals surface area (Å²) >= 11 is 0. The van der Waals surface area contributed by atoms with Crippen LogP contribution in [0.25, 0.3) is 0 Å². The molecular formula is C16H27N. The van der Waals surface area contributed by atoms with Gasteiger partial charge in [-0.05, 0) is 42.9 Å². The number of anilines is 1. The van der Waals surface area contributed by atoms with Gasteiger partial charge in [0.15, 0.2) is 0 Å². The van der Waals surface area contributed by atoms with E-state index in [1.165, 1.54) is 43.6 Å². The molecule has 0 saturated carbocycles. The molecule has 17 heavy (non-hydrogen) atoms. The van der Waals surface area contributed by atoms with Gasteiger partial charge in [-0.2, -0.15) is 0 Å². The Kier molecular flexibility index (Phi) is 6.10. The van der Waals surface area contributed by atoms with E-state index in [0.717, 1.165) is 0 Å². The third kappa shape index (κ3) is 4.07. The Morgan fingerprint density at radius 1 is 1.00 bits per heavy atom. The fourth-order valence-corrected chi connectivity index (χ4v) is 2.23. The molecule has 1 aromatic carbocycles. The third-order valence-corrected chi connectivity index (χ3v) is 3.26. The van der Waals surface area contributed by atoms with E-state index in [4.69, 9.17) is 0 Å². The Balaban J connectivity index is 0.000000686. The zero-order valence-electron chi connectivity index (χ0n) is 11.9. The summed E-state index contributed by atoms with van der Waals surface area (Å²) in [7, 11) is 0. The molecule has 0 spiro atoms. The normalized spacial score (nSPS) is 15.5. The van der Waals surface area contributed by atoms with Crippen LogP contribution in [-0.2, 0) is 0 Å². The van der Waals surface area contributed by atoms with Crippen LogP contribution >= 0.6 is 0 Å². The number of nitrogens with zero attached hydrogens (tertiary/aromatic N) is 1. The summed E-state index contributed by atoms with van der Waals surface area (Å²) in [6.07, 6.45) is 4.11. The zero-order valence-corrected chi connectivity index (χ0v) is 11.9. The van der Waals surface area contributed by atoms with Gasteiger partial charge in [-0.25, -0.2) is 0 Å². The largest absolute Gasteiger partial charge is 0.372 e. The predicted octanol–water partition coefficient (Wildman–Crippen LogP) is 4.83. The van der Waals surface area contributed by atoms with Gasteiger partial charge in [0.25, 0.3) is 0 Å². The van der Waals surface area contributed by atoms with Crippen molar-refractivity contribution in [2.45, 2.75) is 52.9 Å². The van der Waals surface area contributed by atoms with Gasteiger partial charge in [0.1, 0.15) is 0 Å². The molecule has 1 nitrogen and oxygen atoms in total. The van der Waals surface area contributed by atoms with Crippen molar-refractivity contribution in [1.29, 1.82) is 0 Å². The maximum Gasteiger partial charge on any atom is 0.0369 e. The number of hydrogen-bond donors (Lipinski definition) is 0. The van der Waals surface area contributed by atoms with E-state index in [2.05, 4.69) is 43.0 Å². The van der Waals surface area contributed by atoms with Gasteiger partial charge >= 0.3 is 0 Å². The van der Waals surface area contributed by atoms with Crippen LogP contribution in [0.3, 0.4) is 0 Å². The standard InChI is InChI=1S/C14H21N.C2H6/c1-12(2)13-7-6-8-14(11-13)15-9-4-3-5-10-15;1-2/h6-8,11-12H,3-5,9-10H2,1-2H3;1-2H3. The molecule has 1 heteroatoms. The third-order valence-electron chi connectivity index (χ3n) is 3.26. The van der Waals surface area contributed by atoms with E-state index in [0.29, 0.717) is 5.92 Å². The number of hydrogen-bond acceptors (Lipinski definition) is 1. The van der Waals surface area contributed by atoms with Crippen LogP contribution in [0.15, 0.2) is 24.3 Å². The molecule has 0 aromatic heterocycles. The van der Waals surface area contributed by atoms with E-state index in [1.54, 1.807) is 0 Å². The maximum absolute atomic E-state index is 2.52. The Bertz CT molecular complexity index is 311. The molecule has 1 aliphatic heterocycles. The fourth-order valence-electron chi connectivity index (χ4n) is 2.23. The Morgan fingerprint density at radius 2 is 1.65 bits per heavy atom. The first-order chi connectivity index (χ1) is 8.27. The molecule has 0 amide bonds. The highest BCUT2D eigenvalue weighted by atomic mass is 15.1. The second-order valence-electron chi connectivity index (χ2n) is 4.80. The van der Waals surface area contributed by atoms with Crippen LogP contribution in [0.4, 0.5) is 5.69 Å². The van der Waals surface area contributed by atoms with Crippen LogP contribution in [0, 0.1) is 0 Å². The molecule has 1 heterocycles. The molecule has 1 aromatic rings. The molecule has 1 saturated heterocycles. The lowest BCUT2D eigenvalue weighted by Crippen LogP contribution is -2.29. The van der Waals surface area contributed by atoms with Crippen molar-refractivity contribution in [2.24, 2.45) is 0 Å². The lowest BCUT2D eigenvalue weighted by molar-refractivity contribution is 0.577. The van der Waals surface area contributed by atoms with Crippen molar-refractivity contribution < 1.29 is 0 Å². The summed E-state index contributed by atoms with van der Waals surface area (Å²) in [5, 5.41) is 0. The van der Waals surface area contributed by atoms with Crippen LogP contribution in [0.2, 0.25) is 0 Å². The average molecular weight is 233 g/mol. The fraction of sp³-hybridized carbons (Fsp3) is 0.625. The van der Waals surface area contributed by atoms with Crippen molar-refractivity contribution in [3.63, 3.8) is 0 Å². The monoisotopic (exact) mass is 233 g/mol. The van der Waals surface area contributed by atoms with Crippen LogP contribution in [0.5, 0.6) is 0 Å². The highest BCUT2D eigenvalue weighted by molar-refractivity contribution is 5.49. The van der Waals surface area contributed by atoms with Gasteiger partial charge in [-0.3, -0.25) is 0 Å². The summed E-state index contributed by atoms with van der Waals surface area (Å²) in [4.78, 5) is 2.52. The smallest absolute Gasteiger partial charge is 0.0369 e. The lowest BCUT2D eigenvalue weighted by atomic mass is 10.0. The maximum atomic E-state index is 2.52. The minimum Gasteiger partial charge on any atom is -0.372 e. The number of piperidine rings is 1. The SMILES string of the molecule is CC.CC(C)c1cccc(N2CCCCC2)c1. The molecule has 0 radical (unpaired) electrons. The Hall–Kier alpha value is -0.980. The molecule has 0 atom stereocenters. The first kappa shape index (κ1) is 14.1. The Labute approximate surface area is 107 Å². The van der Waals surface area contributed by atoms with Gasteiger partial charge in [0, 0.05) is 18.8 Å². The summed E-state index contributed by atoms with van der Waals surface area (Å²) in [6.45, 7) is 11.0. The van der Waals surface area contributed by atoms with Gasteiger partial charge in [-0.15, -0.1) is 0 Å². The van der Waals surface area contributed by atoms with E-state index < -0.39 is 0 Å². The topological polar surface area (TPSA) is 3.24 Å². The van der Waals surface area contributed by atoms with Gasteiger partial charge in [0.05, 0.1) is 0 Å². The summed E-state index contributed by atoms with van der Waals surface area (Å²) in [5.41, 5.74) is 2.87. The second-order valence-corrected chi connectivity index (χ2v) is 4.80. The molecular weight excluding hydrogens is 206 g/mol. The van der Waals surface area contributed by atoms with Gasteiger partial charge in [-0.1, -0.05) is 39.8 Å². The van der Waals surface area contributed by atoms with Gasteiger partial charge < -0.3 is 4.90 Å². The van der Waals surface area contributed by atoms with Crippen molar-refractivity contribution >= 4 is 5.69 Å². The molecule has 1 fully saturated rings. The van der Waals surface area contributed by atoms with Crippen molar-refractivity contribution in [3.8, 4) is 0 Å². The number of benzene rings is 1. The highest BCUT2D eigenvalue weighted by Gasteiger charge is 2.11. The first-order valence-corrected chi connectivity index (χ1v) is 7.12. The van der Waals surface area contributed by atoms with E-state index in [1.807, 2.05) is 13.8 Å². The van der Waals surface area contributed by atoms with E-state index >= 15 is 0 Å². The van der Waals surface area contributed by atoms with E-state index in [9.17, 15) is 0 Å². The minimum absolute atomic E-state index is 0.634. The molecule has 0 aliphatic carbocycles. The second kappa shape index (κ2) is 7.37. The van der Waals surface area contributed by atoms with E-state index in [-0.39, 0.29) is 0 Å². The molecule has 0 bridgehead atoms. The van der Waals surface area contributed by atoms with Crippen LogP contribution in [0.1, 0.15) is 58.4 Å². The quantitative estimate of drug-likeness (QED) is 0.707. The molecule has 0 unspecified atom stereocenters. The number of rotatable bonds is 2. The zero-order chi connectivity index (χ0) is 12.7. The summed E-state index contributed by atoms with van der Waals surface area (Å²) in [6, 6.07) is 9.03. The predicted molar refractivity (Wildman–Crippen MR) is 77.9 cm³/mol. The molecule has 0 N–H and O–H groups in total. The van der Waals surface area contributed by atoms with Crippen LogP contribution in [-0.4, -0.2) is 13.1 Å². The first-order valence-electron chi connectivity index (χ1n) is 7.12. The lowest BCUT2D eigenvalue weighted by Gasteiger charge is -2.29. The molecule has 1 aliphatic rings. The van der Waals surface area contributed by atoms with Crippen molar-refractivity contribution in [3.05, 3.63) is 29.8 Å². The average Bonchev–Trinajstić information content (AvgIpc) is 2.42. The Morgan fingerprint density at radius 3 is 2.24 bits per heavy atom. The molecule has 2 rings (SSSR count). The summed E-state index contributed by atoms with van der Waals surface area (Å²) in [5.74, 6) is 0.634. The van der Waals surface area contributed by atoms with Gasteiger partial charge in [0.2, 0.25) is 0 Å².